The second kappa shape index (κ2) is 7.77. The van der Waals surface area contributed by atoms with E-state index in [9.17, 15) is 4.79 Å². The molecule has 0 aliphatic heterocycles. The molecular formula is C13H18BrClN2O. The monoisotopic (exact) mass is 332 g/mol. The van der Waals surface area contributed by atoms with Gasteiger partial charge in [-0.3, -0.25) is 4.79 Å². The molecule has 1 aromatic carbocycles. The Bertz CT molecular complexity index is 412. The van der Waals surface area contributed by atoms with Crippen molar-refractivity contribution in [2.24, 2.45) is 11.7 Å². The van der Waals surface area contributed by atoms with Gasteiger partial charge in [0.15, 0.2) is 0 Å². The Morgan fingerprint density at radius 2 is 2.28 bits per heavy atom. The number of hydrogen-bond acceptors (Lipinski definition) is 2. The molecule has 1 rings (SSSR count). The molecule has 5 heteroatoms. The van der Waals surface area contributed by atoms with Crippen LogP contribution in [0.3, 0.4) is 0 Å². The van der Waals surface area contributed by atoms with E-state index in [4.69, 9.17) is 17.3 Å². The van der Waals surface area contributed by atoms with Gasteiger partial charge in [0.1, 0.15) is 0 Å². The van der Waals surface area contributed by atoms with E-state index in [0.717, 1.165) is 10.0 Å². The van der Waals surface area contributed by atoms with Crippen LogP contribution in [0, 0.1) is 5.92 Å². The highest BCUT2D eigenvalue weighted by Crippen LogP contribution is 2.22. The van der Waals surface area contributed by atoms with Gasteiger partial charge >= 0.3 is 0 Å². The van der Waals surface area contributed by atoms with Crippen molar-refractivity contribution >= 4 is 33.4 Å². The predicted octanol–water partition coefficient (Wildman–Crippen LogP) is 2.75. The second-order valence-corrected chi connectivity index (χ2v) is 5.67. The van der Waals surface area contributed by atoms with Gasteiger partial charge in [-0.2, -0.15) is 0 Å². The minimum atomic E-state index is 0.0437. The van der Waals surface area contributed by atoms with Crippen LogP contribution in [0.25, 0.3) is 0 Å². The lowest BCUT2D eigenvalue weighted by Crippen LogP contribution is -2.31. The molecule has 0 aliphatic carbocycles. The number of rotatable bonds is 6. The van der Waals surface area contributed by atoms with E-state index in [1.807, 2.05) is 25.1 Å². The smallest absolute Gasteiger partial charge is 0.220 e. The van der Waals surface area contributed by atoms with Crippen molar-refractivity contribution in [3.8, 4) is 0 Å². The summed E-state index contributed by atoms with van der Waals surface area (Å²) in [7, 11) is 0. The lowest BCUT2D eigenvalue weighted by Gasteiger charge is -2.10. The van der Waals surface area contributed by atoms with Crippen LogP contribution in [-0.2, 0) is 11.2 Å². The average Bonchev–Trinajstić information content (AvgIpc) is 2.36. The van der Waals surface area contributed by atoms with E-state index in [2.05, 4.69) is 21.2 Å². The summed E-state index contributed by atoms with van der Waals surface area (Å²) >= 11 is 9.37. The maximum atomic E-state index is 11.6. The van der Waals surface area contributed by atoms with E-state index in [1.165, 1.54) is 0 Å². The molecule has 1 aromatic rings. The van der Waals surface area contributed by atoms with E-state index >= 15 is 0 Å². The summed E-state index contributed by atoms with van der Waals surface area (Å²) in [5.41, 5.74) is 6.53. The number of aryl methyl sites for hydroxylation is 1. The summed E-state index contributed by atoms with van der Waals surface area (Å²) in [5, 5.41) is 3.56. The van der Waals surface area contributed by atoms with Crippen LogP contribution in [0.1, 0.15) is 18.9 Å². The summed E-state index contributed by atoms with van der Waals surface area (Å²) in [5.74, 6) is 0.356. The summed E-state index contributed by atoms with van der Waals surface area (Å²) in [6.07, 6.45) is 1.13. The van der Waals surface area contributed by atoms with Crippen molar-refractivity contribution in [2.45, 2.75) is 19.8 Å². The van der Waals surface area contributed by atoms with Gasteiger partial charge in [0.25, 0.3) is 0 Å². The number of amides is 1. The van der Waals surface area contributed by atoms with Crippen molar-refractivity contribution in [3.05, 3.63) is 33.3 Å². The minimum absolute atomic E-state index is 0.0437. The van der Waals surface area contributed by atoms with Crippen molar-refractivity contribution in [2.75, 3.05) is 13.1 Å². The van der Waals surface area contributed by atoms with E-state index in [0.29, 0.717) is 36.9 Å². The Labute approximate surface area is 121 Å². The summed E-state index contributed by atoms with van der Waals surface area (Å²) in [4.78, 5) is 11.6. The Morgan fingerprint density at radius 1 is 1.56 bits per heavy atom. The molecule has 1 atom stereocenters. The molecule has 0 saturated heterocycles. The van der Waals surface area contributed by atoms with Gasteiger partial charge in [0.2, 0.25) is 5.91 Å². The van der Waals surface area contributed by atoms with Crippen LogP contribution in [0.15, 0.2) is 22.7 Å². The molecule has 0 fully saturated rings. The fourth-order valence-electron chi connectivity index (χ4n) is 1.44. The van der Waals surface area contributed by atoms with Crippen LogP contribution in [0.4, 0.5) is 0 Å². The Morgan fingerprint density at radius 3 is 2.94 bits per heavy atom. The molecule has 100 valence electrons. The lowest BCUT2D eigenvalue weighted by atomic mass is 10.1. The van der Waals surface area contributed by atoms with Crippen molar-refractivity contribution < 1.29 is 4.79 Å². The van der Waals surface area contributed by atoms with Crippen LogP contribution in [0.2, 0.25) is 5.02 Å². The average molecular weight is 334 g/mol. The first-order valence-electron chi connectivity index (χ1n) is 5.93. The maximum Gasteiger partial charge on any atom is 0.220 e. The Balaban J connectivity index is 2.40. The highest BCUT2D eigenvalue weighted by atomic mass is 79.9. The zero-order valence-electron chi connectivity index (χ0n) is 10.4. The fourth-order valence-corrected chi connectivity index (χ4v) is 2.08. The lowest BCUT2D eigenvalue weighted by molar-refractivity contribution is -0.121. The summed E-state index contributed by atoms with van der Waals surface area (Å²) < 4.78 is 0.982. The number of carbonyl (C=O) groups is 1. The second-order valence-electron chi connectivity index (χ2n) is 4.38. The number of halogens is 2. The SMILES string of the molecule is CC(CN)CNC(=O)CCc1cc(Cl)ccc1Br. The highest BCUT2D eigenvalue weighted by molar-refractivity contribution is 9.10. The van der Waals surface area contributed by atoms with Crippen molar-refractivity contribution in [3.63, 3.8) is 0 Å². The van der Waals surface area contributed by atoms with E-state index in [-0.39, 0.29) is 5.91 Å². The molecule has 0 bridgehead atoms. The molecule has 0 heterocycles. The Kier molecular flexibility index (Phi) is 6.68. The summed E-state index contributed by atoms with van der Waals surface area (Å²) in [6, 6.07) is 5.59. The van der Waals surface area contributed by atoms with Crippen molar-refractivity contribution in [1.82, 2.24) is 5.32 Å². The van der Waals surface area contributed by atoms with Crippen LogP contribution >= 0.6 is 27.5 Å². The zero-order chi connectivity index (χ0) is 13.5. The molecule has 1 unspecified atom stereocenters. The van der Waals surface area contributed by atoms with Crippen LogP contribution < -0.4 is 11.1 Å². The number of nitrogens with two attached hydrogens (primary N) is 1. The summed E-state index contributed by atoms with van der Waals surface area (Å²) in [6.45, 7) is 3.22. The van der Waals surface area contributed by atoms with Crippen LogP contribution in [-0.4, -0.2) is 19.0 Å². The van der Waals surface area contributed by atoms with Gasteiger partial charge in [-0.15, -0.1) is 0 Å². The molecule has 0 saturated carbocycles. The first-order chi connectivity index (χ1) is 8.52. The number of benzene rings is 1. The number of carbonyl (C=O) groups excluding carboxylic acids is 1. The molecule has 1 amide bonds. The Hall–Kier alpha value is -0.580. The molecule has 3 N–H and O–H groups in total. The predicted molar refractivity (Wildman–Crippen MR) is 78.7 cm³/mol. The third-order valence-corrected chi connectivity index (χ3v) is 3.69. The molecule has 0 spiro atoms. The standard InChI is InChI=1S/C13H18BrClN2O/c1-9(7-16)8-17-13(18)5-2-10-6-11(15)3-4-12(10)14/h3-4,6,9H,2,5,7-8,16H2,1H3,(H,17,18). The zero-order valence-corrected chi connectivity index (χ0v) is 12.7. The highest BCUT2D eigenvalue weighted by Gasteiger charge is 2.07. The topological polar surface area (TPSA) is 55.1 Å². The number of hydrogen-bond donors (Lipinski definition) is 2. The van der Waals surface area contributed by atoms with E-state index < -0.39 is 0 Å². The minimum Gasteiger partial charge on any atom is -0.356 e. The maximum absolute atomic E-state index is 11.6. The molecule has 0 aliphatic rings. The van der Waals surface area contributed by atoms with Crippen molar-refractivity contribution in [1.29, 1.82) is 0 Å². The van der Waals surface area contributed by atoms with Gasteiger partial charge in [-0.25, -0.2) is 0 Å². The fraction of sp³-hybridized carbons (Fsp3) is 0.462. The van der Waals surface area contributed by atoms with Gasteiger partial charge in [0, 0.05) is 22.5 Å². The number of nitrogens with one attached hydrogen (secondary N) is 1. The molecule has 0 aromatic heterocycles. The first kappa shape index (κ1) is 15.5. The van der Waals surface area contributed by atoms with Gasteiger partial charge in [-0.05, 0) is 42.6 Å². The largest absolute Gasteiger partial charge is 0.356 e. The molecule has 3 nitrogen and oxygen atoms in total. The van der Waals surface area contributed by atoms with Gasteiger partial charge in [0.05, 0.1) is 0 Å². The third-order valence-electron chi connectivity index (χ3n) is 2.68. The molecular weight excluding hydrogens is 316 g/mol. The van der Waals surface area contributed by atoms with E-state index in [1.54, 1.807) is 0 Å². The quantitative estimate of drug-likeness (QED) is 0.841. The van der Waals surface area contributed by atoms with Gasteiger partial charge < -0.3 is 11.1 Å². The first-order valence-corrected chi connectivity index (χ1v) is 7.10. The normalized spacial score (nSPS) is 12.2. The third kappa shape index (κ3) is 5.38. The van der Waals surface area contributed by atoms with Crippen LogP contribution in [0.5, 0.6) is 0 Å². The molecule has 18 heavy (non-hydrogen) atoms. The van der Waals surface area contributed by atoms with Gasteiger partial charge in [-0.1, -0.05) is 34.5 Å². The molecule has 0 radical (unpaired) electrons.